The minimum absolute atomic E-state index is 0.228. The molecule has 0 saturated carbocycles. The highest BCUT2D eigenvalue weighted by molar-refractivity contribution is 7.89. The Morgan fingerprint density at radius 3 is 2.38 bits per heavy atom. The van der Waals surface area contributed by atoms with Crippen molar-refractivity contribution >= 4 is 10.0 Å². The van der Waals surface area contributed by atoms with Crippen LogP contribution in [0.3, 0.4) is 0 Å². The lowest BCUT2D eigenvalue weighted by Gasteiger charge is -2.35. The van der Waals surface area contributed by atoms with Gasteiger partial charge in [-0.05, 0) is 61.7 Å². The van der Waals surface area contributed by atoms with Gasteiger partial charge >= 0.3 is 0 Å². The van der Waals surface area contributed by atoms with E-state index in [9.17, 15) is 8.42 Å². The van der Waals surface area contributed by atoms with Crippen molar-refractivity contribution in [2.45, 2.75) is 37.8 Å². The number of hydrogen-bond donors (Lipinski definition) is 0. The van der Waals surface area contributed by atoms with Gasteiger partial charge in [0.2, 0.25) is 0 Å². The molecule has 0 bridgehead atoms. The molecular formula is C20H23NO4S. The summed E-state index contributed by atoms with van der Waals surface area (Å²) in [5.74, 6) is 0.740. The molecule has 0 N–H and O–H groups in total. The van der Waals surface area contributed by atoms with E-state index in [0.717, 1.165) is 26.9 Å². The van der Waals surface area contributed by atoms with Crippen molar-refractivity contribution in [3.05, 3.63) is 71.3 Å². The van der Waals surface area contributed by atoms with Gasteiger partial charge in [-0.2, -0.15) is 0 Å². The number of rotatable bonds is 4. The Kier molecular flexibility index (Phi) is 5.18. The lowest BCUT2D eigenvalue weighted by Crippen LogP contribution is -2.41. The molecule has 1 heterocycles. The first-order valence-electron chi connectivity index (χ1n) is 8.43. The number of sulfonamides is 1. The zero-order valence-corrected chi connectivity index (χ0v) is 16.2. The van der Waals surface area contributed by atoms with E-state index in [0.29, 0.717) is 0 Å². The van der Waals surface area contributed by atoms with Crippen LogP contribution in [0, 0.1) is 6.92 Å². The van der Waals surface area contributed by atoms with Crippen LogP contribution >= 0.6 is 0 Å². The molecule has 0 spiro atoms. The maximum atomic E-state index is 13.1. The van der Waals surface area contributed by atoms with E-state index in [2.05, 4.69) is 0 Å². The van der Waals surface area contributed by atoms with E-state index in [1.54, 1.807) is 32.2 Å². The summed E-state index contributed by atoms with van der Waals surface area (Å²) in [4.78, 5) is 6.19. The zero-order valence-electron chi connectivity index (χ0n) is 15.3. The molecule has 0 radical (unpaired) electrons. The van der Waals surface area contributed by atoms with Gasteiger partial charge in [0.25, 0.3) is 10.0 Å². The van der Waals surface area contributed by atoms with Crippen molar-refractivity contribution in [2.75, 3.05) is 7.11 Å². The summed E-state index contributed by atoms with van der Waals surface area (Å²) in [6.07, 6.45) is 1.46. The fourth-order valence-electron chi connectivity index (χ4n) is 3.07. The van der Waals surface area contributed by atoms with E-state index in [4.69, 9.17) is 9.57 Å². The number of hydroxylamine groups is 1. The van der Waals surface area contributed by atoms with Crippen molar-refractivity contribution in [1.29, 1.82) is 0 Å². The van der Waals surface area contributed by atoms with Gasteiger partial charge in [-0.15, -0.1) is 0 Å². The molecule has 1 aliphatic rings. The molecule has 0 amide bonds. The Balaban J connectivity index is 1.96. The van der Waals surface area contributed by atoms with Crippen LogP contribution in [0.4, 0.5) is 0 Å². The van der Waals surface area contributed by atoms with Crippen LogP contribution in [-0.2, 0) is 14.9 Å². The van der Waals surface area contributed by atoms with E-state index in [1.807, 2.05) is 50.3 Å². The molecule has 3 rings (SSSR count). The third-order valence-corrected chi connectivity index (χ3v) is 6.14. The fraction of sp³-hybridized carbons (Fsp3) is 0.300. The van der Waals surface area contributed by atoms with Gasteiger partial charge in [0.1, 0.15) is 11.9 Å². The number of ether oxygens (including phenoxy) is 1. The van der Waals surface area contributed by atoms with Crippen LogP contribution in [0.15, 0.2) is 65.1 Å². The Labute approximate surface area is 154 Å². The predicted octanol–water partition coefficient (Wildman–Crippen LogP) is 4.02. The Morgan fingerprint density at radius 1 is 1.08 bits per heavy atom. The first-order valence-corrected chi connectivity index (χ1v) is 9.87. The van der Waals surface area contributed by atoms with Crippen LogP contribution in [0.25, 0.3) is 0 Å². The molecule has 0 saturated heterocycles. The molecule has 2 aromatic rings. The van der Waals surface area contributed by atoms with Gasteiger partial charge < -0.3 is 4.74 Å². The second-order valence-corrected chi connectivity index (χ2v) is 8.27. The molecule has 6 heteroatoms. The lowest BCUT2D eigenvalue weighted by atomic mass is 10.00. The van der Waals surface area contributed by atoms with E-state index >= 15 is 0 Å². The third kappa shape index (κ3) is 3.53. The van der Waals surface area contributed by atoms with Crippen LogP contribution in [-0.4, -0.2) is 26.0 Å². The fourth-order valence-corrected chi connectivity index (χ4v) is 4.56. The van der Waals surface area contributed by atoms with Gasteiger partial charge in [-0.3, -0.25) is 4.84 Å². The number of methoxy groups -OCH3 is 1. The second kappa shape index (κ2) is 7.23. The standard InChI is InChI=1S/C20H23NO4S/c1-14-6-5-7-19(12-14)26(22,23)21-16(3)13-15(2)20(25-21)17-8-10-18(24-4)11-9-17/h5-13,16,20H,1-4H3. The zero-order chi connectivity index (χ0) is 18.9. The predicted molar refractivity (Wildman–Crippen MR) is 100 cm³/mol. The Bertz CT molecular complexity index is 919. The van der Waals surface area contributed by atoms with Crippen molar-refractivity contribution in [2.24, 2.45) is 0 Å². The molecule has 2 atom stereocenters. The number of nitrogens with zero attached hydrogens (tertiary/aromatic N) is 1. The average Bonchev–Trinajstić information content (AvgIpc) is 2.62. The summed E-state index contributed by atoms with van der Waals surface area (Å²) in [5.41, 5.74) is 2.73. The summed E-state index contributed by atoms with van der Waals surface area (Å²) >= 11 is 0. The normalized spacial score (nSPS) is 21.3. The van der Waals surface area contributed by atoms with Crippen molar-refractivity contribution < 1.29 is 18.0 Å². The van der Waals surface area contributed by atoms with Crippen LogP contribution < -0.4 is 4.74 Å². The quantitative estimate of drug-likeness (QED) is 0.760. The summed E-state index contributed by atoms with van der Waals surface area (Å²) in [5, 5.41) is 0. The topological polar surface area (TPSA) is 55.8 Å². The molecule has 2 unspecified atom stereocenters. The number of aryl methyl sites for hydroxylation is 1. The van der Waals surface area contributed by atoms with Crippen LogP contribution in [0.5, 0.6) is 5.75 Å². The van der Waals surface area contributed by atoms with E-state index < -0.39 is 22.2 Å². The molecule has 5 nitrogen and oxygen atoms in total. The molecule has 0 aliphatic carbocycles. The highest BCUT2D eigenvalue weighted by atomic mass is 32.2. The first-order chi connectivity index (χ1) is 12.3. The van der Waals surface area contributed by atoms with Gasteiger partial charge in [0.15, 0.2) is 0 Å². The highest BCUT2D eigenvalue weighted by Gasteiger charge is 2.36. The smallest absolute Gasteiger partial charge is 0.265 e. The molecule has 0 aromatic heterocycles. The Morgan fingerprint density at radius 2 is 1.77 bits per heavy atom. The van der Waals surface area contributed by atoms with Crippen LogP contribution in [0.1, 0.15) is 31.1 Å². The van der Waals surface area contributed by atoms with E-state index in [1.165, 1.54) is 0 Å². The lowest BCUT2D eigenvalue weighted by molar-refractivity contribution is -0.143. The molecule has 2 aromatic carbocycles. The maximum Gasteiger partial charge on any atom is 0.265 e. The molecular weight excluding hydrogens is 350 g/mol. The van der Waals surface area contributed by atoms with Crippen LogP contribution in [0.2, 0.25) is 0 Å². The average molecular weight is 373 g/mol. The SMILES string of the molecule is COc1ccc(C2ON(S(=O)(=O)c3cccc(C)c3)C(C)C=C2C)cc1. The summed E-state index contributed by atoms with van der Waals surface area (Å²) in [6, 6.07) is 13.9. The minimum Gasteiger partial charge on any atom is -0.497 e. The number of hydrogen-bond acceptors (Lipinski definition) is 4. The van der Waals surface area contributed by atoms with Gasteiger partial charge in [-0.25, -0.2) is 8.42 Å². The summed E-state index contributed by atoms with van der Waals surface area (Å²) < 4.78 is 32.5. The Hall–Kier alpha value is -2.15. The summed E-state index contributed by atoms with van der Waals surface area (Å²) in [7, 11) is -2.16. The van der Waals surface area contributed by atoms with Gasteiger partial charge in [-0.1, -0.05) is 34.8 Å². The molecule has 1 aliphatic heterocycles. The van der Waals surface area contributed by atoms with Gasteiger partial charge in [0, 0.05) is 0 Å². The third-order valence-electron chi connectivity index (χ3n) is 4.40. The maximum absolute atomic E-state index is 13.1. The monoisotopic (exact) mass is 373 g/mol. The molecule has 0 fully saturated rings. The second-order valence-electron chi connectivity index (χ2n) is 6.49. The molecule has 138 valence electrons. The molecule has 26 heavy (non-hydrogen) atoms. The van der Waals surface area contributed by atoms with Crippen molar-refractivity contribution in [3.8, 4) is 5.75 Å². The first kappa shape index (κ1) is 18.6. The van der Waals surface area contributed by atoms with Crippen molar-refractivity contribution in [3.63, 3.8) is 0 Å². The van der Waals surface area contributed by atoms with Crippen molar-refractivity contribution in [1.82, 2.24) is 4.47 Å². The van der Waals surface area contributed by atoms with Gasteiger partial charge in [0.05, 0.1) is 18.0 Å². The van der Waals surface area contributed by atoms with E-state index in [-0.39, 0.29) is 4.90 Å². The number of benzene rings is 2. The summed E-state index contributed by atoms with van der Waals surface area (Å²) in [6.45, 7) is 5.62. The highest BCUT2D eigenvalue weighted by Crippen LogP contribution is 2.35. The minimum atomic E-state index is -3.77. The largest absolute Gasteiger partial charge is 0.497 e.